The second-order valence-corrected chi connectivity index (χ2v) is 4.83. The van der Waals surface area contributed by atoms with Gasteiger partial charge in [0, 0.05) is 18.8 Å². The molecule has 1 heterocycles. The van der Waals surface area contributed by atoms with Crippen LogP contribution in [0.5, 0.6) is 5.88 Å². The zero-order valence-electron chi connectivity index (χ0n) is 11.3. The number of alkyl halides is 3. The fraction of sp³-hybridized carbons (Fsp3) is 0.615. The van der Waals surface area contributed by atoms with E-state index < -0.39 is 12.3 Å². The second-order valence-electron chi connectivity index (χ2n) is 4.83. The Hall–Kier alpha value is -1.30. The number of aromatic nitrogens is 1. The minimum absolute atomic E-state index is 0.0163. The monoisotopic (exact) mass is 276 g/mol. The van der Waals surface area contributed by atoms with E-state index in [4.69, 9.17) is 4.74 Å². The Morgan fingerprint density at radius 2 is 1.95 bits per heavy atom. The van der Waals surface area contributed by atoms with Crippen molar-refractivity contribution in [1.29, 1.82) is 0 Å². The summed E-state index contributed by atoms with van der Waals surface area (Å²) in [6.07, 6.45) is -4.71. The number of rotatable bonds is 6. The highest BCUT2D eigenvalue weighted by atomic mass is 19.4. The number of ether oxygens (including phenoxy) is 1. The van der Waals surface area contributed by atoms with Gasteiger partial charge in [0.05, 0.1) is 0 Å². The topological polar surface area (TPSA) is 34.1 Å². The van der Waals surface area contributed by atoms with E-state index in [1.807, 2.05) is 0 Å². The van der Waals surface area contributed by atoms with Crippen molar-refractivity contribution in [3.05, 3.63) is 23.9 Å². The van der Waals surface area contributed by atoms with Gasteiger partial charge in [-0.25, -0.2) is 4.98 Å². The highest BCUT2D eigenvalue weighted by Crippen LogP contribution is 2.23. The van der Waals surface area contributed by atoms with Crippen LogP contribution in [0.1, 0.15) is 26.3 Å². The van der Waals surface area contributed by atoms with Crippen LogP contribution in [0.15, 0.2) is 18.3 Å². The predicted molar refractivity (Wildman–Crippen MR) is 66.9 cm³/mol. The van der Waals surface area contributed by atoms with Gasteiger partial charge in [0.15, 0.2) is 6.10 Å². The summed E-state index contributed by atoms with van der Waals surface area (Å²) < 4.78 is 41.6. The molecule has 1 aromatic heterocycles. The van der Waals surface area contributed by atoms with Crippen molar-refractivity contribution >= 4 is 0 Å². The first-order chi connectivity index (χ1) is 8.79. The van der Waals surface area contributed by atoms with Gasteiger partial charge in [-0.05, 0) is 24.9 Å². The summed E-state index contributed by atoms with van der Waals surface area (Å²) in [6, 6.07) is 3.16. The fourth-order valence-electron chi connectivity index (χ4n) is 1.34. The van der Waals surface area contributed by atoms with E-state index >= 15 is 0 Å². The van der Waals surface area contributed by atoms with E-state index in [-0.39, 0.29) is 5.88 Å². The first kappa shape index (κ1) is 15.8. The van der Waals surface area contributed by atoms with Crippen molar-refractivity contribution in [2.24, 2.45) is 5.92 Å². The molecule has 108 valence electrons. The van der Waals surface area contributed by atoms with E-state index in [9.17, 15) is 13.2 Å². The van der Waals surface area contributed by atoms with Crippen LogP contribution in [0.25, 0.3) is 0 Å². The van der Waals surface area contributed by atoms with Crippen LogP contribution in [-0.4, -0.2) is 23.8 Å². The van der Waals surface area contributed by atoms with Crippen molar-refractivity contribution < 1.29 is 17.9 Å². The average Bonchev–Trinajstić information content (AvgIpc) is 2.29. The number of nitrogens with one attached hydrogen (secondary N) is 1. The molecule has 0 bridgehead atoms. The van der Waals surface area contributed by atoms with E-state index in [1.54, 1.807) is 6.07 Å². The van der Waals surface area contributed by atoms with Gasteiger partial charge in [-0.3, -0.25) is 0 Å². The molecule has 1 N–H and O–H groups in total. The number of halogens is 3. The van der Waals surface area contributed by atoms with Gasteiger partial charge < -0.3 is 10.1 Å². The van der Waals surface area contributed by atoms with Crippen LogP contribution >= 0.6 is 0 Å². The molecule has 1 atom stereocenters. The van der Waals surface area contributed by atoms with E-state index in [0.717, 1.165) is 19.0 Å². The third-order valence-electron chi connectivity index (χ3n) is 2.44. The summed E-state index contributed by atoms with van der Waals surface area (Å²) in [5.74, 6) is 0.528. The lowest BCUT2D eigenvalue weighted by molar-refractivity contribution is -0.189. The minimum Gasteiger partial charge on any atom is -0.465 e. The van der Waals surface area contributed by atoms with Crippen LogP contribution in [0.2, 0.25) is 0 Å². The van der Waals surface area contributed by atoms with Gasteiger partial charge >= 0.3 is 6.18 Å². The Bertz CT molecular complexity index is 376. The first-order valence-corrected chi connectivity index (χ1v) is 6.18. The third-order valence-corrected chi connectivity index (χ3v) is 2.44. The summed E-state index contributed by atoms with van der Waals surface area (Å²) in [4.78, 5) is 3.87. The zero-order valence-corrected chi connectivity index (χ0v) is 11.3. The third kappa shape index (κ3) is 5.92. The molecule has 19 heavy (non-hydrogen) atoms. The largest absolute Gasteiger partial charge is 0.465 e. The molecule has 0 aromatic carbocycles. The number of hydrogen-bond acceptors (Lipinski definition) is 3. The quantitative estimate of drug-likeness (QED) is 0.866. The highest BCUT2D eigenvalue weighted by molar-refractivity contribution is 5.18. The van der Waals surface area contributed by atoms with Gasteiger partial charge in [-0.2, -0.15) is 13.2 Å². The lowest BCUT2D eigenvalue weighted by Gasteiger charge is -2.16. The molecule has 6 heteroatoms. The Kier molecular flexibility index (Phi) is 5.60. The SMILES string of the molecule is CC(C)CNCc1ccc(OC(C)C(F)(F)F)nc1. The molecule has 3 nitrogen and oxygen atoms in total. The van der Waals surface area contributed by atoms with E-state index in [2.05, 4.69) is 24.1 Å². The molecule has 0 spiro atoms. The predicted octanol–water partition coefficient (Wildman–Crippen LogP) is 3.16. The molecule has 0 aliphatic rings. The summed E-state index contributed by atoms with van der Waals surface area (Å²) in [7, 11) is 0. The average molecular weight is 276 g/mol. The van der Waals surface area contributed by atoms with Crippen LogP contribution < -0.4 is 10.1 Å². The Labute approximate surface area is 111 Å². The lowest BCUT2D eigenvalue weighted by Crippen LogP contribution is -2.31. The molecule has 1 aromatic rings. The zero-order chi connectivity index (χ0) is 14.5. The molecule has 0 aliphatic heterocycles. The maximum Gasteiger partial charge on any atom is 0.425 e. The first-order valence-electron chi connectivity index (χ1n) is 6.18. The Morgan fingerprint density at radius 1 is 1.26 bits per heavy atom. The Morgan fingerprint density at radius 3 is 2.42 bits per heavy atom. The molecule has 0 amide bonds. The Balaban J connectivity index is 2.48. The minimum atomic E-state index is -4.38. The normalized spacial score (nSPS) is 13.6. The maximum atomic E-state index is 12.3. The van der Waals surface area contributed by atoms with Crippen LogP contribution in [0.4, 0.5) is 13.2 Å². The number of pyridine rings is 1. The second kappa shape index (κ2) is 6.75. The molecule has 0 radical (unpaired) electrons. The smallest absolute Gasteiger partial charge is 0.425 e. The van der Waals surface area contributed by atoms with Crippen LogP contribution in [0, 0.1) is 5.92 Å². The fourth-order valence-corrected chi connectivity index (χ4v) is 1.34. The highest BCUT2D eigenvalue weighted by Gasteiger charge is 2.38. The van der Waals surface area contributed by atoms with Gasteiger partial charge in [0.1, 0.15) is 0 Å². The number of hydrogen-bond donors (Lipinski definition) is 1. The van der Waals surface area contributed by atoms with Gasteiger partial charge in [0.25, 0.3) is 0 Å². The van der Waals surface area contributed by atoms with Crippen molar-refractivity contribution in [2.75, 3.05) is 6.54 Å². The molecule has 0 saturated carbocycles. The summed E-state index contributed by atoms with van der Waals surface area (Å²) >= 11 is 0. The van der Waals surface area contributed by atoms with E-state index in [1.165, 1.54) is 12.3 Å². The molecule has 0 saturated heterocycles. The molecular weight excluding hydrogens is 257 g/mol. The van der Waals surface area contributed by atoms with Crippen molar-refractivity contribution in [3.63, 3.8) is 0 Å². The lowest BCUT2D eigenvalue weighted by atomic mass is 10.2. The van der Waals surface area contributed by atoms with E-state index in [0.29, 0.717) is 12.5 Å². The summed E-state index contributed by atoms with van der Waals surface area (Å²) in [5.41, 5.74) is 0.910. The van der Waals surface area contributed by atoms with Gasteiger partial charge in [-0.1, -0.05) is 19.9 Å². The van der Waals surface area contributed by atoms with Crippen LogP contribution in [0.3, 0.4) is 0 Å². The van der Waals surface area contributed by atoms with Crippen LogP contribution in [-0.2, 0) is 6.54 Å². The molecule has 1 rings (SSSR count). The van der Waals surface area contributed by atoms with Crippen molar-refractivity contribution in [1.82, 2.24) is 10.3 Å². The standard InChI is InChI=1S/C13H19F3N2O/c1-9(2)6-17-7-11-4-5-12(18-8-11)19-10(3)13(14,15)16/h4-5,8-10,17H,6-7H2,1-3H3. The van der Waals surface area contributed by atoms with Crippen molar-refractivity contribution in [2.45, 2.75) is 39.6 Å². The molecule has 0 aliphatic carbocycles. The number of nitrogens with zero attached hydrogens (tertiary/aromatic N) is 1. The van der Waals surface area contributed by atoms with Crippen molar-refractivity contribution in [3.8, 4) is 5.88 Å². The molecular formula is C13H19F3N2O. The summed E-state index contributed by atoms with van der Waals surface area (Å²) in [6.45, 7) is 6.67. The maximum absolute atomic E-state index is 12.3. The van der Waals surface area contributed by atoms with Gasteiger partial charge in [-0.15, -0.1) is 0 Å². The summed E-state index contributed by atoms with van der Waals surface area (Å²) in [5, 5.41) is 3.22. The molecule has 0 fully saturated rings. The molecule has 1 unspecified atom stereocenters. The van der Waals surface area contributed by atoms with Gasteiger partial charge in [0.2, 0.25) is 5.88 Å².